The third-order valence-electron chi connectivity index (χ3n) is 1.51. The van der Waals surface area contributed by atoms with Crippen LogP contribution in [0.2, 0.25) is 0 Å². The predicted molar refractivity (Wildman–Crippen MR) is 52.8 cm³/mol. The average molecular weight is 206 g/mol. The first-order chi connectivity index (χ1) is 6.77. The number of nitrogens with zero attached hydrogens (tertiary/aromatic N) is 5. The van der Waals surface area contributed by atoms with Gasteiger partial charge >= 0.3 is 0 Å². The fourth-order valence-electron chi connectivity index (χ4n) is 0.906. The van der Waals surface area contributed by atoms with Crippen LogP contribution in [0.5, 0.6) is 0 Å². The van der Waals surface area contributed by atoms with E-state index in [2.05, 4.69) is 20.1 Å². The van der Waals surface area contributed by atoms with Crippen LogP contribution in [0.4, 0.5) is 0 Å². The predicted octanol–water partition coefficient (Wildman–Crippen LogP) is -0.308. The lowest BCUT2D eigenvalue weighted by molar-refractivity contribution is 0.835. The van der Waals surface area contributed by atoms with Crippen molar-refractivity contribution in [1.29, 1.82) is 0 Å². The minimum atomic E-state index is 0.165. The van der Waals surface area contributed by atoms with Crippen molar-refractivity contribution >= 4 is 17.2 Å². The third-order valence-corrected chi connectivity index (χ3v) is 1.70. The van der Waals surface area contributed by atoms with Crippen molar-refractivity contribution in [2.45, 2.75) is 0 Å². The van der Waals surface area contributed by atoms with Gasteiger partial charge in [0.1, 0.15) is 17.6 Å². The molecule has 0 bridgehead atoms. The highest BCUT2D eigenvalue weighted by molar-refractivity contribution is 7.80. The monoisotopic (exact) mass is 206 g/mol. The Balaban J connectivity index is 2.39. The van der Waals surface area contributed by atoms with Crippen LogP contribution in [0.1, 0.15) is 5.82 Å². The van der Waals surface area contributed by atoms with Gasteiger partial charge in [-0.05, 0) is 0 Å². The van der Waals surface area contributed by atoms with Gasteiger partial charge in [-0.3, -0.25) is 0 Å². The highest BCUT2D eigenvalue weighted by atomic mass is 32.1. The summed E-state index contributed by atoms with van der Waals surface area (Å²) in [5.74, 6) is 0.952. The van der Waals surface area contributed by atoms with Crippen LogP contribution in [0.15, 0.2) is 24.9 Å². The fourth-order valence-corrected chi connectivity index (χ4v) is 0.999. The molecule has 0 aliphatic rings. The lowest BCUT2D eigenvalue weighted by Crippen LogP contribution is -2.12. The molecule has 0 aromatic carbocycles. The quantitative estimate of drug-likeness (QED) is 0.679. The second-order valence-corrected chi connectivity index (χ2v) is 2.88. The lowest BCUT2D eigenvalue weighted by atomic mass is 10.6. The van der Waals surface area contributed by atoms with Crippen LogP contribution < -0.4 is 5.73 Å². The van der Waals surface area contributed by atoms with E-state index in [1.165, 1.54) is 17.3 Å². The molecule has 0 radical (unpaired) electrons. The maximum atomic E-state index is 5.37. The zero-order valence-corrected chi connectivity index (χ0v) is 7.85. The van der Waals surface area contributed by atoms with Crippen molar-refractivity contribution in [1.82, 2.24) is 24.7 Å². The van der Waals surface area contributed by atoms with E-state index in [4.69, 9.17) is 18.0 Å². The zero-order chi connectivity index (χ0) is 9.97. The molecule has 0 atom stereocenters. The Hall–Kier alpha value is -1.89. The van der Waals surface area contributed by atoms with E-state index in [1.807, 2.05) is 0 Å². The normalized spacial score (nSPS) is 10.0. The van der Waals surface area contributed by atoms with Crippen molar-refractivity contribution in [2.75, 3.05) is 0 Å². The molecule has 0 spiro atoms. The van der Waals surface area contributed by atoms with Gasteiger partial charge in [-0.1, -0.05) is 12.2 Å². The van der Waals surface area contributed by atoms with E-state index in [-0.39, 0.29) is 4.99 Å². The van der Waals surface area contributed by atoms with E-state index in [9.17, 15) is 0 Å². The number of aromatic nitrogens is 5. The average Bonchev–Trinajstić information content (AvgIpc) is 2.68. The van der Waals surface area contributed by atoms with Crippen LogP contribution >= 0.6 is 12.2 Å². The van der Waals surface area contributed by atoms with Crippen molar-refractivity contribution in [3.63, 3.8) is 0 Å². The summed E-state index contributed by atoms with van der Waals surface area (Å²) < 4.78 is 1.48. The maximum absolute atomic E-state index is 5.37. The van der Waals surface area contributed by atoms with Crippen LogP contribution in [0, 0.1) is 0 Å². The molecule has 70 valence electrons. The maximum Gasteiger partial charge on any atom is 0.208 e. The van der Waals surface area contributed by atoms with Crippen molar-refractivity contribution < 1.29 is 0 Å². The highest BCUT2D eigenvalue weighted by Gasteiger charge is 2.04. The Kier molecular flexibility index (Phi) is 2.15. The first-order valence-electron chi connectivity index (χ1n) is 3.75. The van der Waals surface area contributed by atoms with Gasteiger partial charge in [0.2, 0.25) is 5.82 Å². The lowest BCUT2D eigenvalue weighted by Gasteiger charge is -1.95. The van der Waals surface area contributed by atoms with Crippen LogP contribution in [-0.4, -0.2) is 29.7 Å². The molecule has 0 aliphatic heterocycles. The first kappa shape index (κ1) is 8.70. The largest absolute Gasteiger partial charge is 0.387 e. The minimum absolute atomic E-state index is 0.165. The molecule has 0 saturated carbocycles. The van der Waals surface area contributed by atoms with E-state index in [0.717, 1.165) is 0 Å². The topological polar surface area (TPSA) is 82.5 Å². The molecule has 14 heavy (non-hydrogen) atoms. The second-order valence-electron chi connectivity index (χ2n) is 2.44. The number of rotatable bonds is 2. The minimum Gasteiger partial charge on any atom is -0.387 e. The van der Waals surface area contributed by atoms with E-state index < -0.39 is 0 Å². The summed E-state index contributed by atoms with van der Waals surface area (Å²) in [7, 11) is 0. The van der Waals surface area contributed by atoms with Crippen molar-refractivity contribution in [3.8, 4) is 5.82 Å². The summed E-state index contributed by atoms with van der Waals surface area (Å²) in [6.07, 6.45) is 4.54. The summed E-state index contributed by atoms with van der Waals surface area (Å²) >= 11 is 4.73. The Labute approximate surface area is 84.8 Å². The Morgan fingerprint density at radius 1 is 1.43 bits per heavy atom. The second kappa shape index (κ2) is 3.46. The van der Waals surface area contributed by atoms with Crippen molar-refractivity contribution in [2.24, 2.45) is 5.73 Å². The molecule has 0 saturated heterocycles. The van der Waals surface area contributed by atoms with E-state index in [1.54, 1.807) is 12.3 Å². The van der Waals surface area contributed by atoms with Crippen LogP contribution in [-0.2, 0) is 0 Å². The molecule has 2 aromatic rings. The smallest absolute Gasteiger partial charge is 0.208 e. The third kappa shape index (κ3) is 1.57. The molecule has 0 amide bonds. The molecule has 2 N–H and O–H groups in total. The van der Waals surface area contributed by atoms with Gasteiger partial charge in [0, 0.05) is 12.3 Å². The van der Waals surface area contributed by atoms with Gasteiger partial charge in [0.25, 0.3) is 0 Å². The fraction of sp³-hybridized carbons (Fsp3) is 0. The standard InChI is InChI=1S/C7H6N6S/c8-6(14)7-11-4-13(12-7)5-1-2-9-3-10-5/h1-4H,(H2,8,14). The summed E-state index contributed by atoms with van der Waals surface area (Å²) in [5.41, 5.74) is 5.37. The molecule has 0 aliphatic carbocycles. The van der Waals surface area contributed by atoms with Crippen molar-refractivity contribution in [3.05, 3.63) is 30.7 Å². The summed E-state index contributed by atoms with van der Waals surface area (Å²) in [5, 5.41) is 4.03. The van der Waals surface area contributed by atoms with E-state index >= 15 is 0 Å². The molecule has 0 fully saturated rings. The Morgan fingerprint density at radius 3 is 2.86 bits per heavy atom. The molecule has 2 heterocycles. The number of thiocarbonyl (C=S) groups is 1. The zero-order valence-electron chi connectivity index (χ0n) is 7.03. The van der Waals surface area contributed by atoms with E-state index in [0.29, 0.717) is 11.6 Å². The van der Waals surface area contributed by atoms with Crippen LogP contribution in [0.25, 0.3) is 5.82 Å². The molecule has 0 unspecified atom stereocenters. The van der Waals surface area contributed by atoms with Gasteiger partial charge in [-0.25, -0.2) is 19.6 Å². The summed E-state index contributed by atoms with van der Waals surface area (Å²) in [4.78, 5) is 11.9. The molecule has 2 rings (SSSR count). The number of hydrogen-bond donors (Lipinski definition) is 1. The van der Waals surface area contributed by atoms with Gasteiger partial charge in [0.15, 0.2) is 5.82 Å². The Morgan fingerprint density at radius 2 is 2.29 bits per heavy atom. The molecular weight excluding hydrogens is 200 g/mol. The number of nitrogens with two attached hydrogens (primary N) is 1. The molecule has 7 heteroatoms. The van der Waals surface area contributed by atoms with Gasteiger partial charge in [-0.2, -0.15) is 0 Å². The van der Waals surface area contributed by atoms with Gasteiger partial charge in [0.05, 0.1) is 0 Å². The van der Waals surface area contributed by atoms with Crippen LogP contribution in [0.3, 0.4) is 0 Å². The Bertz CT molecular complexity index is 450. The molecule has 2 aromatic heterocycles. The SMILES string of the molecule is NC(=S)c1ncn(-c2ccncn2)n1. The first-order valence-corrected chi connectivity index (χ1v) is 4.16. The summed E-state index contributed by atoms with van der Waals surface area (Å²) in [6, 6.07) is 1.71. The summed E-state index contributed by atoms with van der Waals surface area (Å²) in [6.45, 7) is 0. The molecule has 6 nitrogen and oxygen atoms in total. The van der Waals surface area contributed by atoms with Gasteiger partial charge in [-0.15, -0.1) is 5.10 Å². The number of hydrogen-bond acceptors (Lipinski definition) is 5. The highest BCUT2D eigenvalue weighted by Crippen LogP contribution is 1.99. The van der Waals surface area contributed by atoms with Gasteiger partial charge < -0.3 is 5.73 Å². The molecular formula is C7H6N6S.